The van der Waals surface area contributed by atoms with Crippen molar-refractivity contribution < 1.29 is 9.15 Å². The summed E-state index contributed by atoms with van der Waals surface area (Å²) in [5.74, 6) is 0.470. The molecule has 3 aromatic rings. The molecule has 1 aliphatic rings. The molecule has 1 aromatic heterocycles. The summed E-state index contributed by atoms with van der Waals surface area (Å²) in [6, 6.07) is 14.7. The van der Waals surface area contributed by atoms with Gasteiger partial charge in [0, 0.05) is 28.9 Å². The van der Waals surface area contributed by atoms with Crippen molar-refractivity contribution in [3.63, 3.8) is 0 Å². The van der Waals surface area contributed by atoms with Gasteiger partial charge in [-0.3, -0.25) is 0 Å². The van der Waals surface area contributed by atoms with Crippen molar-refractivity contribution in [3.8, 4) is 0 Å². The van der Waals surface area contributed by atoms with E-state index in [0.29, 0.717) is 5.92 Å². The van der Waals surface area contributed by atoms with Crippen LogP contribution in [-0.2, 0) is 4.74 Å². The van der Waals surface area contributed by atoms with E-state index in [4.69, 9.17) is 9.15 Å². The van der Waals surface area contributed by atoms with Gasteiger partial charge in [-0.05, 0) is 18.9 Å². The average molecular weight is 252 g/mol. The number of furan rings is 1. The second-order valence-corrected chi connectivity index (χ2v) is 5.24. The molecule has 0 radical (unpaired) electrons. The number of hydrogen-bond donors (Lipinski definition) is 0. The minimum atomic E-state index is 0.470. The van der Waals surface area contributed by atoms with Crippen LogP contribution in [-0.4, -0.2) is 13.2 Å². The molecule has 1 atom stereocenters. The first-order valence-corrected chi connectivity index (χ1v) is 6.91. The molecule has 0 saturated carbocycles. The van der Waals surface area contributed by atoms with E-state index in [1.807, 2.05) is 12.1 Å². The summed E-state index contributed by atoms with van der Waals surface area (Å²) in [6.07, 6.45) is 2.33. The highest BCUT2D eigenvalue weighted by Gasteiger charge is 2.20. The summed E-state index contributed by atoms with van der Waals surface area (Å²) in [5.41, 5.74) is 3.31. The van der Waals surface area contributed by atoms with E-state index in [2.05, 4.69) is 30.3 Å². The van der Waals surface area contributed by atoms with Crippen LogP contribution in [0.4, 0.5) is 0 Å². The highest BCUT2D eigenvalue weighted by Crippen LogP contribution is 2.36. The topological polar surface area (TPSA) is 22.4 Å². The normalized spacial score (nSPS) is 20.1. The smallest absolute Gasteiger partial charge is 0.138 e. The predicted molar refractivity (Wildman–Crippen MR) is 76.5 cm³/mol. The standard InChI is InChI=1S/C17H16O2/c1-2-9-16-14(6-1)15-8-3-7-13(17(15)19-16)12-5-4-10-18-11-12/h1-3,6-9,12H,4-5,10-11H2. The van der Waals surface area contributed by atoms with Gasteiger partial charge in [-0.15, -0.1) is 0 Å². The summed E-state index contributed by atoms with van der Waals surface area (Å²) in [5, 5.41) is 2.43. The van der Waals surface area contributed by atoms with Gasteiger partial charge < -0.3 is 9.15 Å². The molecule has 0 amide bonds. The van der Waals surface area contributed by atoms with Crippen LogP contribution >= 0.6 is 0 Å². The average Bonchev–Trinajstić information content (AvgIpc) is 2.87. The number of para-hydroxylation sites is 2. The molecule has 2 aromatic carbocycles. The first-order chi connectivity index (χ1) is 9.43. The van der Waals surface area contributed by atoms with Crippen LogP contribution in [0, 0.1) is 0 Å². The van der Waals surface area contributed by atoms with Gasteiger partial charge in [0.05, 0.1) is 6.61 Å². The Kier molecular flexibility index (Phi) is 2.56. The third-order valence-electron chi connectivity index (χ3n) is 4.03. The Bertz CT molecular complexity index is 720. The van der Waals surface area contributed by atoms with Crippen molar-refractivity contribution in [1.29, 1.82) is 0 Å². The summed E-state index contributed by atoms with van der Waals surface area (Å²) in [7, 11) is 0. The monoisotopic (exact) mass is 252 g/mol. The molecule has 2 nitrogen and oxygen atoms in total. The molecule has 0 aliphatic carbocycles. The highest BCUT2D eigenvalue weighted by atomic mass is 16.5. The molecule has 1 unspecified atom stereocenters. The minimum Gasteiger partial charge on any atom is -0.456 e. The molecular formula is C17H16O2. The lowest BCUT2D eigenvalue weighted by atomic mass is 9.92. The summed E-state index contributed by atoms with van der Waals surface area (Å²) in [4.78, 5) is 0. The van der Waals surface area contributed by atoms with Crippen molar-refractivity contribution >= 4 is 21.9 Å². The van der Waals surface area contributed by atoms with E-state index < -0.39 is 0 Å². The summed E-state index contributed by atoms with van der Waals surface area (Å²) < 4.78 is 11.7. The second kappa shape index (κ2) is 4.39. The fraction of sp³-hybridized carbons (Fsp3) is 0.294. The zero-order valence-electron chi connectivity index (χ0n) is 10.8. The lowest BCUT2D eigenvalue weighted by Gasteiger charge is -2.22. The second-order valence-electron chi connectivity index (χ2n) is 5.24. The maximum atomic E-state index is 6.08. The Morgan fingerprint density at radius 3 is 2.74 bits per heavy atom. The van der Waals surface area contributed by atoms with Crippen LogP contribution < -0.4 is 0 Å². The molecule has 96 valence electrons. The van der Waals surface area contributed by atoms with Crippen LogP contribution in [0.3, 0.4) is 0 Å². The summed E-state index contributed by atoms with van der Waals surface area (Å²) >= 11 is 0. The number of ether oxygens (including phenoxy) is 1. The maximum absolute atomic E-state index is 6.08. The number of fused-ring (bicyclic) bond motifs is 3. The first-order valence-electron chi connectivity index (χ1n) is 6.91. The van der Waals surface area contributed by atoms with E-state index in [1.165, 1.54) is 22.8 Å². The van der Waals surface area contributed by atoms with Gasteiger partial charge in [-0.2, -0.15) is 0 Å². The molecule has 4 rings (SSSR count). The van der Waals surface area contributed by atoms with Gasteiger partial charge in [-0.25, -0.2) is 0 Å². The lowest BCUT2D eigenvalue weighted by Crippen LogP contribution is -2.15. The summed E-state index contributed by atoms with van der Waals surface area (Å²) in [6.45, 7) is 1.71. The SMILES string of the molecule is c1ccc2c(c1)oc1c(C3CCCOC3)cccc12. The van der Waals surface area contributed by atoms with E-state index in [1.54, 1.807) is 0 Å². The quantitative estimate of drug-likeness (QED) is 0.637. The van der Waals surface area contributed by atoms with Crippen LogP contribution in [0.2, 0.25) is 0 Å². The van der Waals surface area contributed by atoms with Crippen molar-refractivity contribution in [2.75, 3.05) is 13.2 Å². The molecule has 2 heteroatoms. The molecule has 0 spiro atoms. The van der Waals surface area contributed by atoms with Crippen LogP contribution in [0.25, 0.3) is 21.9 Å². The van der Waals surface area contributed by atoms with Crippen molar-refractivity contribution in [3.05, 3.63) is 48.0 Å². The maximum Gasteiger partial charge on any atom is 0.138 e. The number of hydrogen-bond acceptors (Lipinski definition) is 2. The largest absolute Gasteiger partial charge is 0.456 e. The van der Waals surface area contributed by atoms with E-state index in [0.717, 1.165) is 30.8 Å². The lowest BCUT2D eigenvalue weighted by molar-refractivity contribution is 0.0806. The zero-order chi connectivity index (χ0) is 12.7. The third-order valence-corrected chi connectivity index (χ3v) is 4.03. The molecule has 1 aliphatic heterocycles. The molecule has 0 bridgehead atoms. The Morgan fingerprint density at radius 1 is 0.947 bits per heavy atom. The first kappa shape index (κ1) is 11.1. The van der Waals surface area contributed by atoms with Crippen LogP contribution in [0.5, 0.6) is 0 Å². The van der Waals surface area contributed by atoms with Crippen molar-refractivity contribution in [1.82, 2.24) is 0 Å². The van der Waals surface area contributed by atoms with Crippen molar-refractivity contribution in [2.45, 2.75) is 18.8 Å². The van der Waals surface area contributed by atoms with E-state index in [9.17, 15) is 0 Å². The Labute approximate surface area is 112 Å². The van der Waals surface area contributed by atoms with E-state index >= 15 is 0 Å². The number of benzene rings is 2. The van der Waals surface area contributed by atoms with Crippen molar-refractivity contribution in [2.24, 2.45) is 0 Å². The van der Waals surface area contributed by atoms with Gasteiger partial charge in [0.25, 0.3) is 0 Å². The van der Waals surface area contributed by atoms with Gasteiger partial charge in [-0.1, -0.05) is 36.4 Å². The fourth-order valence-electron chi connectivity index (χ4n) is 3.08. The third kappa shape index (κ3) is 1.75. The molecule has 0 N–H and O–H groups in total. The van der Waals surface area contributed by atoms with E-state index in [-0.39, 0.29) is 0 Å². The predicted octanol–water partition coefficient (Wildman–Crippen LogP) is 4.48. The zero-order valence-corrected chi connectivity index (χ0v) is 10.8. The van der Waals surface area contributed by atoms with Crippen LogP contribution in [0.1, 0.15) is 24.3 Å². The van der Waals surface area contributed by atoms with Gasteiger partial charge in [0.2, 0.25) is 0 Å². The minimum absolute atomic E-state index is 0.470. The fourth-order valence-corrected chi connectivity index (χ4v) is 3.08. The Morgan fingerprint density at radius 2 is 1.84 bits per heavy atom. The van der Waals surface area contributed by atoms with Gasteiger partial charge >= 0.3 is 0 Å². The Hall–Kier alpha value is -1.80. The molecular weight excluding hydrogens is 236 g/mol. The number of rotatable bonds is 1. The Balaban J connectivity index is 1.95. The molecule has 2 heterocycles. The van der Waals surface area contributed by atoms with Gasteiger partial charge in [0.1, 0.15) is 11.2 Å². The molecule has 1 saturated heterocycles. The van der Waals surface area contributed by atoms with Crippen LogP contribution in [0.15, 0.2) is 46.9 Å². The van der Waals surface area contributed by atoms with Gasteiger partial charge in [0.15, 0.2) is 0 Å². The molecule has 1 fully saturated rings. The highest BCUT2D eigenvalue weighted by molar-refractivity contribution is 6.05. The molecule has 19 heavy (non-hydrogen) atoms.